The van der Waals surface area contributed by atoms with Crippen LogP contribution in [0.2, 0.25) is 0 Å². The second-order valence-electron chi connectivity index (χ2n) is 11.1. The van der Waals surface area contributed by atoms with Gasteiger partial charge in [0.15, 0.2) is 0 Å². The Morgan fingerprint density at radius 1 is 0.933 bits per heavy atom. The van der Waals surface area contributed by atoms with Gasteiger partial charge in [0.1, 0.15) is 17.1 Å². The summed E-state index contributed by atoms with van der Waals surface area (Å²) in [6.45, 7) is 15.8. The molecule has 0 spiro atoms. The fourth-order valence-electron chi connectivity index (χ4n) is 5.04. The zero-order valence-electron chi connectivity index (χ0n) is 20.9. The Hall–Kier alpha value is -1.18. The van der Waals surface area contributed by atoms with Crippen LogP contribution in [0.4, 0.5) is 0 Å². The first-order valence-corrected chi connectivity index (χ1v) is 12.6. The van der Waals surface area contributed by atoms with E-state index in [2.05, 4.69) is 41.5 Å². The minimum Gasteiger partial charge on any atom is -0.508 e. The van der Waals surface area contributed by atoms with Gasteiger partial charge in [-0.3, -0.25) is 0 Å². The summed E-state index contributed by atoms with van der Waals surface area (Å²) in [7, 11) is 0. The second kappa shape index (κ2) is 11.4. The molecule has 3 atom stereocenters. The number of benzene rings is 1. The summed E-state index contributed by atoms with van der Waals surface area (Å²) in [6, 6.07) is 1.88. The van der Waals surface area contributed by atoms with Crippen LogP contribution in [-0.4, -0.2) is 10.7 Å². The van der Waals surface area contributed by atoms with E-state index < -0.39 is 0 Å². The van der Waals surface area contributed by atoms with Gasteiger partial charge in [0.2, 0.25) is 0 Å². The zero-order chi connectivity index (χ0) is 22.3. The van der Waals surface area contributed by atoms with Crippen molar-refractivity contribution in [3.8, 4) is 11.5 Å². The van der Waals surface area contributed by atoms with Crippen LogP contribution in [-0.2, 0) is 6.42 Å². The van der Waals surface area contributed by atoms with Crippen molar-refractivity contribution in [1.82, 2.24) is 0 Å². The molecule has 30 heavy (non-hydrogen) atoms. The molecule has 0 bridgehead atoms. The number of hydrogen-bond acceptors (Lipinski definition) is 2. The Balaban J connectivity index is 1.70. The average Bonchev–Trinajstić information content (AvgIpc) is 2.65. The molecule has 0 fully saturated rings. The van der Waals surface area contributed by atoms with Gasteiger partial charge >= 0.3 is 0 Å². The van der Waals surface area contributed by atoms with Crippen LogP contribution in [0.25, 0.3) is 0 Å². The highest BCUT2D eigenvalue weighted by molar-refractivity contribution is 5.53. The SMILES string of the molecule is Cc1cc(O)c(C)c2c1CC[C@@](C)(CCC[C@H](C)CCC[C@H](C)CCCC(C)C)O2. The van der Waals surface area contributed by atoms with Gasteiger partial charge in [0.05, 0.1) is 0 Å². The first-order chi connectivity index (χ1) is 14.1. The van der Waals surface area contributed by atoms with E-state index in [1.807, 2.05) is 13.0 Å². The minimum atomic E-state index is -0.0946. The number of aromatic hydroxyl groups is 1. The number of hydrogen-bond donors (Lipinski definition) is 1. The first kappa shape index (κ1) is 25.1. The van der Waals surface area contributed by atoms with Gasteiger partial charge < -0.3 is 9.84 Å². The molecule has 2 rings (SSSR count). The number of phenols is 1. The van der Waals surface area contributed by atoms with Gasteiger partial charge in [-0.1, -0.05) is 72.6 Å². The lowest BCUT2D eigenvalue weighted by molar-refractivity contribution is 0.0511. The van der Waals surface area contributed by atoms with E-state index in [-0.39, 0.29) is 5.60 Å². The van der Waals surface area contributed by atoms with Gasteiger partial charge in [-0.15, -0.1) is 0 Å². The maximum atomic E-state index is 10.2. The van der Waals surface area contributed by atoms with Crippen molar-refractivity contribution >= 4 is 0 Å². The molecule has 172 valence electrons. The highest BCUT2D eigenvalue weighted by Gasteiger charge is 2.33. The third-order valence-electron chi connectivity index (χ3n) is 7.36. The second-order valence-corrected chi connectivity index (χ2v) is 11.1. The molecule has 0 saturated heterocycles. The molecule has 0 amide bonds. The molecule has 1 heterocycles. The Morgan fingerprint density at radius 3 is 2.10 bits per heavy atom. The standard InChI is InChI=1S/C28H48O2/c1-20(2)11-8-12-21(3)13-9-14-22(4)15-10-17-28(7)18-16-25-23(5)19-26(29)24(6)27(25)30-28/h19-22,29H,8-18H2,1-7H3/t21-,22-,28-/m1/s1. The van der Waals surface area contributed by atoms with E-state index in [1.165, 1.54) is 56.9 Å². The predicted octanol–water partition coefficient (Wildman–Crippen LogP) is 8.53. The molecule has 1 aliphatic heterocycles. The normalized spacial score (nSPS) is 20.7. The number of rotatable bonds is 12. The van der Waals surface area contributed by atoms with Crippen molar-refractivity contribution in [2.45, 2.75) is 125 Å². The van der Waals surface area contributed by atoms with Crippen molar-refractivity contribution in [3.05, 3.63) is 22.8 Å². The molecular formula is C28H48O2. The highest BCUT2D eigenvalue weighted by atomic mass is 16.5. The molecule has 1 N–H and O–H groups in total. The highest BCUT2D eigenvalue weighted by Crippen LogP contribution is 2.42. The van der Waals surface area contributed by atoms with Crippen LogP contribution in [0.15, 0.2) is 6.07 Å². The molecule has 0 saturated carbocycles. The summed E-state index contributed by atoms with van der Waals surface area (Å²) in [5.41, 5.74) is 3.25. The summed E-state index contributed by atoms with van der Waals surface area (Å²) < 4.78 is 6.50. The summed E-state index contributed by atoms with van der Waals surface area (Å²) in [4.78, 5) is 0. The Kier molecular flexibility index (Phi) is 9.57. The number of ether oxygens (including phenoxy) is 1. The van der Waals surface area contributed by atoms with Crippen LogP contribution in [0.3, 0.4) is 0 Å². The van der Waals surface area contributed by atoms with Crippen LogP contribution < -0.4 is 4.74 Å². The van der Waals surface area contributed by atoms with Crippen LogP contribution >= 0.6 is 0 Å². The van der Waals surface area contributed by atoms with Crippen LogP contribution in [0, 0.1) is 31.6 Å². The van der Waals surface area contributed by atoms with Crippen molar-refractivity contribution in [2.24, 2.45) is 17.8 Å². The quantitative estimate of drug-likeness (QED) is 0.370. The smallest absolute Gasteiger partial charge is 0.130 e. The molecule has 1 aliphatic rings. The third-order valence-corrected chi connectivity index (χ3v) is 7.36. The monoisotopic (exact) mass is 416 g/mol. The third kappa shape index (κ3) is 7.50. The Morgan fingerprint density at radius 2 is 1.50 bits per heavy atom. The van der Waals surface area contributed by atoms with Gasteiger partial charge in [-0.2, -0.15) is 0 Å². The lowest BCUT2D eigenvalue weighted by Crippen LogP contribution is -2.37. The average molecular weight is 417 g/mol. The van der Waals surface area contributed by atoms with Gasteiger partial charge in [0, 0.05) is 5.56 Å². The Bertz CT molecular complexity index is 663. The fourth-order valence-corrected chi connectivity index (χ4v) is 5.04. The number of aryl methyl sites for hydroxylation is 1. The van der Waals surface area contributed by atoms with Crippen LogP contribution in [0.5, 0.6) is 11.5 Å². The van der Waals surface area contributed by atoms with E-state index in [1.54, 1.807) is 0 Å². The van der Waals surface area contributed by atoms with E-state index in [0.717, 1.165) is 53.9 Å². The summed E-state index contributed by atoms with van der Waals surface area (Å²) in [5, 5.41) is 10.2. The summed E-state index contributed by atoms with van der Waals surface area (Å²) >= 11 is 0. The maximum absolute atomic E-state index is 10.2. The minimum absolute atomic E-state index is 0.0946. The van der Waals surface area contributed by atoms with Crippen molar-refractivity contribution in [3.63, 3.8) is 0 Å². The van der Waals surface area contributed by atoms with Crippen molar-refractivity contribution in [1.29, 1.82) is 0 Å². The predicted molar refractivity (Wildman–Crippen MR) is 130 cm³/mol. The Labute approximate surface area is 186 Å². The topological polar surface area (TPSA) is 29.5 Å². The van der Waals surface area contributed by atoms with E-state index in [4.69, 9.17) is 4.74 Å². The lowest BCUT2D eigenvalue weighted by atomic mass is 9.84. The van der Waals surface area contributed by atoms with E-state index in [9.17, 15) is 5.11 Å². The van der Waals surface area contributed by atoms with Crippen LogP contribution in [0.1, 0.15) is 116 Å². The van der Waals surface area contributed by atoms with Gasteiger partial charge in [-0.05, 0) is 81.4 Å². The maximum Gasteiger partial charge on any atom is 0.130 e. The molecule has 1 aromatic carbocycles. The summed E-state index contributed by atoms with van der Waals surface area (Å²) in [6.07, 6.45) is 14.1. The molecule has 1 aromatic rings. The molecular weight excluding hydrogens is 368 g/mol. The van der Waals surface area contributed by atoms with Crippen molar-refractivity contribution < 1.29 is 9.84 Å². The zero-order valence-corrected chi connectivity index (χ0v) is 20.9. The van der Waals surface area contributed by atoms with E-state index >= 15 is 0 Å². The van der Waals surface area contributed by atoms with Gasteiger partial charge in [-0.25, -0.2) is 0 Å². The number of phenolic OH excluding ortho intramolecular Hbond substituents is 1. The lowest BCUT2D eigenvalue weighted by Gasteiger charge is -2.37. The van der Waals surface area contributed by atoms with E-state index in [0.29, 0.717) is 5.75 Å². The summed E-state index contributed by atoms with van der Waals surface area (Å²) in [5.74, 6) is 3.84. The molecule has 2 heteroatoms. The molecule has 0 radical (unpaired) electrons. The van der Waals surface area contributed by atoms with Crippen molar-refractivity contribution in [2.75, 3.05) is 0 Å². The molecule has 2 nitrogen and oxygen atoms in total. The largest absolute Gasteiger partial charge is 0.508 e. The fraction of sp³-hybridized carbons (Fsp3) is 0.786. The first-order valence-electron chi connectivity index (χ1n) is 12.6. The molecule has 0 unspecified atom stereocenters. The molecule has 0 aromatic heterocycles. The molecule has 0 aliphatic carbocycles. The van der Waals surface area contributed by atoms with Gasteiger partial charge in [0.25, 0.3) is 0 Å². The number of fused-ring (bicyclic) bond motifs is 1.